The first-order chi connectivity index (χ1) is 5.12. The van der Waals surface area contributed by atoms with Crippen LogP contribution in [0.3, 0.4) is 0 Å². The molecule has 0 aromatic rings. The molecule has 0 spiro atoms. The minimum absolute atomic E-state index is 0.0781. The van der Waals surface area contributed by atoms with Gasteiger partial charge in [-0.05, 0) is 27.7 Å². The van der Waals surface area contributed by atoms with Gasteiger partial charge in [-0.15, -0.1) is 0 Å². The van der Waals surface area contributed by atoms with E-state index in [-0.39, 0.29) is 11.1 Å². The third-order valence-corrected chi connectivity index (χ3v) is 2.17. The number of nitrogens with two attached hydrogens (primary N) is 1. The van der Waals surface area contributed by atoms with E-state index < -0.39 is 5.72 Å². The first-order valence-electron chi connectivity index (χ1n) is 4.43. The van der Waals surface area contributed by atoms with Crippen LogP contribution in [0.4, 0.5) is 0 Å². The van der Waals surface area contributed by atoms with Gasteiger partial charge in [0.15, 0.2) is 0 Å². The fourth-order valence-electron chi connectivity index (χ4n) is 2.60. The van der Waals surface area contributed by atoms with Crippen LogP contribution in [0.1, 0.15) is 40.5 Å². The normalized spacial score (nSPS) is 31.5. The highest BCUT2D eigenvalue weighted by Gasteiger charge is 2.43. The summed E-state index contributed by atoms with van der Waals surface area (Å²) in [5.74, 6) is 0. The average Bonchev–Trinajstić information content (AvgIpc) is 1.44. The predicted molar refractivity (Wildman–Crippen MR) is 49.7 cm³/mol. The van der Waals surface area contributed by atoms with E-state index in [2.05, 4.69) is 33.0 Å². The maximum absolute atomic E-state index is 9.78. The third-order valence-electron chi connectivity index (χ3n) is 2.17. The molecule has 72 valence electrons. The third kappa shape index (κ3) is 2.44. The van der Waals surface area contributed by atoms with Crippen LogP contribution in [0.5, 0.6) is 0 Å². The van der Waals surface area contributed by atoms with E-state index in [1.807, 2.05) is 0 Å². The summed E-state index contributed by atoms with van der Waals surface area (Å²) in [7, 11) is 0. The van der Waals surface area contributed by atoms with E-state index >= 15 is 0 Å². The Morgan fingerprint density at radius 1 is 1.08 bits per heavy atom. The Morgan fingerprint density at radius 3 is 1.67 bits per heavy atom. The van der Waals surface area contributed by atoms with Gasteiger partial charge in [-0.25, -0.2) is 0 Å². The summed E-state index contributed by atoms with van der Waals surface area (Å²) >= 11 is 0. The molecule has 4 N–H and O–H groups in total. The van der Waals surface area contributed by atoms with Crippen LogP contribution in [-0.4, -0.2) is 21.9 Å². The number of aliphatic hydroxyl groups is 1. The molecule has 0 aromatic heterocycles. The van der Waals surface area contributed by atoms with Crippen LogP contribution >= 0.6 is 0 Å². The quantitative estimate of drug-likeness (QED) is 0.468. The van der Waals surface area contributed by atoms with Crippen LogP contribution in [0.25, 0.3) is 0 Å². The van der Waals surface area contributed by atoms with Crippen LogP contribution in [-0.2, 0) is 0 Å². The summed E-state index contributed by atoms with van der Waals surface area (Å²) in [5, 5.41) is 13.2. The van der Waals surface area contributed by atoms with Crippen molar-refractivity contribution in [1.82, 2.24) is 5.32 Å². The first-order valence-corrected chi connectivity index (χ1v) is 4.43. The molecule has 1 saturated heterocycles. The highest BCUT2D eigenvalue weighted by molar-refractivity contribution is 5.01. The zero-order chi connectivity index (χ0) is 9.62. The molecule has 1 heterocycles. The topological polar surface area (TPSA) is 58.3 Å². The highest BCUT2D eigenvalue weighted by Crippen LogP contribution is 2.32. The molecule has 12 heavy (non-hydrogen) atoms. The molecule has 0 aromatic carbocycles. The molecular weight excluding hydrogens is 152 g/mol. The summed E-state index contributed by atoms with van der Waals surface area (Å²) in [5.41, 5.74) is 4.57. The molecule has 0 atom stereocenters. The fraction of sp³-hybridized carbons (Fsp3) is 1.00. The Kier molecular flexibility index (Phi) is 2.02. The van der Waals surface area contributed by atoms with E-state index in [4.69, 9.17) is 5.73 Å². The van der Waals surface area contributed by atoms with Crippen molar-refractivity contribution in [3.8, 4) is 0 Å². The number of hydrogen-bond acceptors (Lipinski definition) is 3. The zero-order valence-corrected chi connectivity index (χ0v) is 8.44. The summed E-state index contributed by atoms with van der Waals surface area (Å²) in [4.78, 5) is 0. The minimum Gasteiger partial charge on any atom is -0.376 e. The predicted octanol–water partition coefficient (Wildman–Crippen LogP) is 0.574. The minimum atomic E-state index is -1.02. The Bertz CT molecular complexity index is 140. The Labute approximate surface area is 74.3 Å². The first kappa shape index (κ1) is 9.96. The second-order valence-electron chi connectivity index (χ2n) is 5.35. The van der Waals surface area contributed by atoms with Crippen LogP contribution in [0, 0.1) is 0 Å². The van der Waals surface area contributed by atoms with Crippen molar-refractivity contribution in [2.24, 2.45) is 5.73 Å². The highest BCUT2D eigenvalue weighted by atomic mass is 16.3. The van der Waals surface area contributed by atoms with Gasteiger partial charge >= 0.3 is 0 Å². The maximum Gasteiger partial charge on any atom is 0.117 e. The Morgan fingerprint density at radius 2 is 1.42 bits per heavy atom. The number of rotatable bonds is 0. The van der Waals surface area contributed by atoms with Crippen LogP contribution in [0.2, 0.25) is 0 Å². The standard InChI is InChI=1S/C9H20N2O/c1-7(2)5-9(10,12)6-8(3,4)11-7/h11-12H,5-6,10H2,1-4H3. The second-order valence-corrected chi connectivity index (χ2v) is 5.35. The largest absolute Gasteiger partial charge is 0.376 e. The van der Waals surface area contributed by atoms with Crippen molar-refractivity contribution >= 4 is 0 Å². The van der Waals surface area contributed by atoms with Gasteiger partial charge in [0.05, 0.1) is 0 Å². The number of hydrogen-bond donors (Lipinski definition) is 3. The molecule has 3 heteroatoms. The second kappa shape index (κ2) is 2.44. The number of nitrogens with one attached hydrogen (secondary N) is 1. The van der Waals surface area contributed by atoms with E-state index in [1.54, 1.807) is 0 Å². The molecule has 0 saturated carbocycles. The lowest BCUT2D eigenvalue weighted by Gasteiger charge is -2.49. The average molecular weight is 172 g/mol. The fourth-order valence-corrected chi connectivity index (χ4v) is 2.60. The molecule has 0 radical (unpaired) electrons. The van der Waals surface area contributed by atoms with Gasteiger partial charge in [0, 0.05) is 23.9 Å². The van der Waals surface area contributed by atoms with Crippen molar-refractivity contribution in [3.63, 3.8) is 0 Å². The lowest BCUT2D eigenvalue weighted by molar-refractivity contribution is -0.0512. The monoisotopic (exact) mass is 172 g/mol. The summed E-state index contributed by atoms with van der Waals surface area (Å²) in [6.45, 7) is 8.24. The SMILES string of the molecule is CC1(C)CC(N)(O)CC(C)(C)N1. The van der Waals surface area contributed by atoms with Gasteiger partial charge in [-0.2, -0.15) is 0 Å². The molecule has 3 nitrogen and oxygen atoms in total. The smallest absolute Gasteiger partial charge is 0.117 e. The molecule has 1 rings (SSSR count). The van der Waals surface area contributed by atoms with Crippen molar-refractivity contribution in [2.45, 2.75) is 57.3 Å². The van der Waals surface area contributed by atoms with Crippen molar-refractivity contribution in [1.29, 1.82) is 0 Å². The lowest BCUT2D eigenvalue weighted by atomic mass is 9.78. The van der Waals surface area contributed by atoms with E-state index in [9.17, 15) is 5.11 Å². The van der Waals surface area contributed by atoms with Crippen molar-refractivity contribution in [3.05, 3.63) is 0 Å². The van der Waals surface area contributed by atoms with Gasteiger partial charge in [0.25, 0.3) is 0 Å². The summed E-state index contributed by atoms with van der Waals surface area (Å²) in [6, 6.07) is 0. The van der Waals surface area contributed by atoms with E-state index in [0.717, 1.165) is 0 Å². The van der Waals surface area contributed by atoms with Gasteiger partial charge in [0.1, 0.15) is 5.72 Å². The lowest BCUT2D eigenvalue weighted by Crippen LogP contribution is -2.66. The molecule has 0 amide bonds. The van der Waals surface area contributed by atoms with Gasteiger partial charge in [-0.1, -0.05) is 0 Å². The van der Waals surface area contributed by atoms with Crippen LogP contribution < -0.4 is 11.1 Å². The zero-order valence-electron chi connectivity index (χ0n) is 8.44. The number of piperidine rings is 1. The Hall–Kier alpha value is -0.120. The maximum atomic E-state index is 9.78. The molecule has 0 bridgehead atoms. The van der Waals surface area contributed by atoms with E-state index in [1.165, 1.54) is 0 Å². The molecule has 1 aliphatic heterocycles. The molecule has 1 aliphatic rings. The molecule has 1 fully saturated rings. The van der Waals surface area contributed by atoms with Gasteiger partial charge in [0.2, 0.25) is 0 Å². The van der Waals surface area contributed by atoms with Crippen molar-refractivity contribution in [2.75, 3.05) is 0 Å². The summed E-state index contributed by atoms with van der Waals surface area (Å²) < 4.78 is 0. The Balaban J connectivity index is 2.81. The van der Waals surface area contributed by atoms with Gasteiger partial charge in [-0.3, -0.25) is 0 Å². The van der Waals surface area contributed by atoms with E-state index in [0.29, 0.717) is 12.8 Å². The summed E-state index contributed by atoms with van der Waals surface area (Å²) in [6.07, 6.45) is 1.20. The van der Waals surface area contributed by atoms with Crippen LogP contribution in [0.15, 0.2) is 0 Å². The molecule has 0 unspecified atom stereocenters. The van der Waals surface area contributed by atoms with Crippen molar-refractivity contribution < 1.29 is 5.11 Å². The molecular formula is C9H20N2O. The van der Waals surface area contributed by atoms with Gasteiger partial charge < -0.3 is 16.2 Å². The molecule has 0 aliphatic carbocycles.